The van der Waals surface area contributed by atoms with Gasteiger partial charge in [-0.2, -0.15) is 0 Å². The molecule has 0 aliphatic carbocycles. The van der Waals surface area contributed by atoms with Crippen LogP contribution in [0.1, 0.15) is 36.1 Å². The first-order valence-electron chi connectivity index (χ1n) is 8.05. The van der Waals surface area contributed by atoms with E-state index in [0.29, 0.717) is 6.61 Å². The van der Waals surface area contributed by atoms with Crippen molar-refractivity contribution < 1.29 is 9.53 Å². The van der Waals surface area contributed by atoms with E-state index in [1.807, 2.05) is 42.5 Å². The van der Waals surface area contributed by atoms with E-state index in [1.54, 1.807) is 6.08 Å². The van der Waals surface area contributed by atoms with Crippen LogP contribution in [0.5, 0.6) is 5.75 Å². The molecular weight excluding hydrogens is 286 g/mol. The minimum atomic E-state index is -0.0775. The third kappa shape index (κ3) is 3.81. The van der Waals surface area contributed by atoms with Crippen LogP contribution in [0.3, 0.4) is 0 Å². The second kappa shape index (κ2) is 7.14. The van der Waals surface area contributed by atoms with Gasteiger partial charge in [-0.1, -0.05) is 49.4 Å². The summed E-state index contributed by atoms with van der Waals surface area (Å²) in [5.74, 6) is 0.787. The number of fused-ring (bicyclic) bond motifs is 1. The average molecular weight is 307 g/mol. The summed E-state index contributed by atoms with van der Waals surface area (Å²) in [7, 11) is 0. The van der Waals surface area contributed by atoms with E-state index in [4.69, 9.17) is 4.74 Å². The standard InChI is InChI=1S/C20H21NO2/c1-2-15-7-9-16(10-8-15)11-12-20(22)21-18-13-14-23-19-6-4-3-5-17(18)19/h3-12,18H,2,13-14H2,1H3,(H,21,22)/b12-11+/t18-/m1/s1. The molecule has 0 fully saturated rings. The topological polar surface area (TPSA) is 38.3 Å². The summed E-state index contributed by atoms with van der Waals surface area (Å²) in [5.41, 5.74) is 3.38. The van der Waals surface area contributed by atoms with Gasteiger partial charge in [0.25, 0.3) is 0 Å². The molecule has 2 aromatic rings. The number of hydrogen-bond acceptors (Lipinski definition) is 2. The van der Waals surface area contributed by atoms with E-state index in [9.17, 15) is 4.79 Å². The van der Waals surface area contributed by atoms with Crippen LogP contribution >= 0.6 is 0 Å². The quantitative estimate of drug-likeness (QED) is 0.870. The van der Waals surface area contributed by atoms with Gasteiger partial charge in [0.15, 0.2) is 0 Å². The van der Waals surface area contributed by atoms with Gasteiger partial charge in [-0.3, -0.25) is 4.79 Å². The van der Waals surface area contributed by atoms with Crippen LogP contribution in [0.4, 0.5) is 0 Å². The van der Waals surface area contributed by atoms with Crippen molar-refractivity contribution in [3.05, 3.63) is 71.3 Å². The average Bonchev–Trinajstić information content (AvgIpc) is 2.61. The second-order valence-electron chi connectivity index (χ2n) is 5.66. The third-order valence-electron chi connectivity index (χ3n) is 4.09. The predicted molar refractivity (Wildman–Crippen MR) is 92.3 cm³/mol. The van der Waals surface area contributed by atoms with Crippen molar-refractivity contribution in [3.8, 4) is 5.75 Å². The van der Waals surface area contributed by atoms with Gasteiger partial charge >= 0.3 is 0 Å². The van der Waals surface area contributed by atoms with E-state index in [2.05, 4.69) is 24.4 Å². The number of benzene rings is 2. The van der Waals surface area contributed by atoms with Crippen LogP contribution in [0.25, 0.3) is 6.08 Å². The minimum Gasteiger partial charge on any atom is -0.493 e. The summed E-state index contributed by atoms with van der Waals surface area (Å²) in [5, 5.41) is 3.06. The smallest absolute Gasteiger partial charge is 0.244 e. The Morgan fingerprint density at radius 2 is 2.00 bits per heavy atom. The van der Waals surface area contributed by atoms with Crippen molar-refractivity contribution in [2.45, 2.75) is 25.8 Å². The zero-order valence-corrected chi connectivity index (χ0v) is 13.3. The number of nitrogens with one attached hydrogen (secondary N) is 1. The van der Waals surface area contributed by atoms with Gasteiger partial charge in [0, 0.05) is 18.1 Å². The zero-order chi connectivity index (χ0) is 16.1. The van der Waals surface area contributed by atoms with Crippen molar-refractivity contribution in [3.63, 3.8) is 0 Å². The highest BCUT2D eigenvalue weighted by atomic mass is 16.5. The Kier molecular flexibility index (Phi) is 4.77. The number of carbonyl (C=O) groups is 1. The Morgan fingerprint density at radius 1 is 1.22 bits per heavy atom. The summed E-state index contributed by atoms with van der Waals surface area (Å²) in [6.45, 7) is 2.76. The van der Waals surface area contributed by atoms with Crippen LogP contribution in [0.15, 0.2) is 54.6 Å². The third-order valence-corrected chi connectivity index (χ3v) is 4.09. The summed E-state index contributed by atoms with van der Waals surface area (Å²) < 4.78 is 5.62. The number of rotatable bonds is 4. The largest absolute Gasteiger partial charge is 0.493 e. The Morgan fingerprint density at radius 3 is 2.78 bits per heavy atom. The number of hydrogen-bond donors (Lipinski definition) is 1. The molecule has 3 nitrogen and oxygen atoms in total. The number of carbonyl (C=O) groups excluding carboxylic acids is 1. The predicted octanol–water partition coefficient (Wildman–Crippen LogP) is 3.90. The van der Waals surface area contributed by atoms with E-state index >= 15 is 0 Å². The molecule has 1 N–H and O–H groups in total. The summed E-state index contributed by atoms with van der Waals surface area (Å²) in [4.78, 5) is 12.2. The van der Waals surface area contributed by atoms with Gasteiger partial charge in [0.05, 0.1) is 12.6 Å². The lowest BCUT2D eigenvalue weighted by Crippen LogP contribution is -2.30. The van der Waals surface area contributed by atoms with Crippen LogP contribution < -0.4 is 10.1 Å². The molecule has 0 spiro atoms. The monoisotopic (exact) mass is 307 g/mol. The summed E-state index contributed by atoms with van der Waals surface area (Å²) in [6.07, 6.45) is 5.26. The van der Waals surface area contributed by atoms with E-state index < -0.39 is 0 Å². The second-order valence-corrected chi connectivity index (χ2v) is 5.66. The number of amides is 1. The van der Waals surface area contributed by atoms with Crippen molar-refractivity contribution in [1.82, 2.24) is 5.32 Å². The van der Waals surface area contributed by atoms with Crippen molar-refractivity contribution in [1.29, 1.82) is 0 Å². The maximum atomic E-state index is 12.2. The normalized spacial score (nSPS) is 16.7. The van der Waals surface area contributed by atoms with E-state index in [-0.39, 0.29) is 11.9 Å². The SMILES string of the molecule is CCc1ccc(/C=C/C(=O)N[C@@H]2CCOc3ccccc32)cc1. The van der Waals surface area contributed by atoms with Crippen molar-refractivity contribution in [2.24, 2.45) is 0 Å². The summed E-state index contributed by atoms with van der Waals surface area (Å²) >= 11 is 0. The Bertz CT molecular complexity index is 704. The van der Waals surface area contributed by atoms with Gasteiger partial charge in [-0.05, 0) is 29.7 Å². The number of ether oxygens (including phenoxy) is 1. The molecule has 118 valence electrons. The molecule has 2 aromatic carbocycles. The first kappa shape index (κ1) is 15.3. The molecule has 0 unspecified atom stereocenters. The van der Waals surface area contributed by atoms with Gasteiger partial charge in [0.2, 0.25) is 5.91 Å². The molecule has 0 aromatic heterocycles. The van der Waals surface area contributed by atoms with Crippen LogP contribution in [0, 0.1) is 0 Å². The minimum absolute atomic E-state index is 0.0135. The molecule has 0 saturated carbocycles. The molecule has 0 bridgehead atoms. The first-order valence-corrected chi connectivity index (χ1v) is 8.05. The molecule has 3 rings (SSSR count). The fourth-order valence-corrected chi connectivity index (χ4v) is 2.75. The zero-order valence-electron chi connectivity index (χ0n) is 13.3. The van der Waals surface area contributed by atoms with Gasteiger partial charge < -0.3 is 10.1 Å². The number of para-hydroxylation sites is 1. The molecule has 1 aliphatic heterocycles. The lowest BCUT2D eigenvalue weighted by Gasteiger charge is -2.26. The molecule has 1 amide bonds. The fraction of sp³-hybridized carbons (Fsp3) is 0.250. The highest BCUT2D eigenvalue weighted by Crippen LogP contribution is 2.31. The van der Waals surface area contributed by atoms with Gasteiger partial charge in [0.1, 0.15) is 5.75 Å². The van der Waals surface area contributed by atoms with Crippen LogP contribution in [0.2, 0.25) is 0 Å². The fourth-order valence-electron chi connectivity index (χ4n) is 2.75. The van der Waals surface area contributed by atoms with Gasteiger partial charge in [-0.15, -0.1) is 0 Å². The lowest BCUT2D eigenvalue weighted by atomic mass is 10.0. The molecule has 1 atom stereocenters. The lowest BCUT2D eigenvalue weighted by molar-refractivity contribution is -0.117. The number of aryl methyl sites for hydroxylation is 1. The molecule has 0 saturated heterocycles. The molecule has 23 heavy (non-hydrogen) atoms. The first-order chi connectivity index (χ1) is 11.3. The highest BCUT2D eigenvalue weighted by molar-refractivity contribution is 5.92. The maximum Gasteiger partial charge on any atom is 0.244 e. The van der Waals surface area contributed by atoms with Crippen molar-refractivity contribution in [2.75, 3.05) is 6.61 Å². The molecule has 1 heterocycles. The van der Waals surface area contributed by atoms with Crippen LogP contribution in [-0.4, -0.2) is 12.5 Å². The van der Waals surface area contributed by atoms with E-state index in [0.717, 1.165) is 29.7 Å². The maximum absolute atomic E-state index is 12.2. The van der Waals surface area contributed by atoms with Crippen LogP contribution in [-0.2, 0) is 11.2 Å². The molecule has 3 heteroatoms. The summed E-state index contributed by atoms with van der Waals surface area (Å²) in [6, 6.07) is 16.1. The van der Waals surface area contributed by atoms with Crippen molar-refractivity contribution >= 4 is 12.0 Å². The Labute approximate surface area is 137 Å². The molecule has 1 aliphatic rings. The van der Waals surface area contributed by atoms with Gasteiger partial charge in [-0.25, -0.2) is 0 Å². The highest BCUT2D eigenvalue weighted by Gasteiger charge is 2.21. The van der Waals surface area contributed by atoms with E-state index in [1.165, 1.54) is 5.56 Å². The molecular formula is C20H21NO2. The molecule has 0 radical (unpaired) electrons. The Balaban J connectivity index is 1.64. The Hall–Kier alpha value is -2.55.